The summed E-state index contributed by atoms with van der Waals surface area (Å²) in [7, 11) is 0. The lowest BCUT2D eigenvalue weighted by atomic mass is 10.0. The lowest BCUT2D eigenvalue weighted by molar-refractivity contribution is -0.120. The Morgan fingerprint density at radius 1 is 1.56 bits per heavy atom. The smallest absolute Gasteiger partial charge is 0.229 e. The van der Waals surface area contributed by atoms with Crippen molar-refractivity contribution in [2.45, 2.75) is 45.4 Å². The second kappa shape index (κ2) is 4.95. The molecule has 0 unspecified atom stereocenters. The van der Waals surface area contributed by atoms with Crippen LogP contribution in [0.15, 0.2) is 5.38 Å². The van der Waals surface area contributed by atoms with Crippen LogP contribution in [-0.4, -0.2) is 10.9 Å². The summed E-state index contributed by atoms with van der Waals surface area (Å²) in [6.45, 7) is 4.09. The maximum absolute atomic E-state index is 11.8. The molecule has 1 aromatic heterocycles. The van der Waals surface area contributed by atoms with E-state index >= 15 is 0 Å². The Labute approximate surface area is 100 Å². The molecule has 0 atom stereocenters. The molecule has 0 radical (unpaired) electrons. The summed E-state index contributed by atoms with van der Waals surface area (Å²) in [6.07, 6.45) is 4.29. The average molecular weight is 238 g/mol. The molecule has 1 fully saturated rings. The topological polar surface area (TPSA) is 42.0 Å². The first-order chi connectivity index (χ1) is 7.74. The average Bonchev–Trinajstić information content (AvgIpc) is 3.02. The molecule has 0 saturated heterocycles. The zero-order valence-electron chi connectivity index (χ0n) is 9.82. The van der Waals surface area contributed by atoms with Gasteiger partial charge in [-0.25, -0.2) is 4.98 Å². The quantitative estimate of drug-likeness (QED) is 0.854. The zero-order chi connectivity index (χ0) is 11.5. The summed E-state index contributed by atoms with van der Waals surface area (Å²) in [5, 5.41) is 5.75. The Balaban J connectivity index is 1.94. The molecular formula is C12H18N2OS. The van der Waals surface area contributed by atoms with E-state index in [4.69, 9.17) is 0 Å². The summed E-state index contributed by atoms with van der Waals surface area (Å²) in [4.78, 5) is 16.3. The minimum absolute atomic E-state index is 0.113. The molecule has 16 heavy (non-hydrogen) atoms. The van der Waals surface area contributed by atoms with Crippen LogP contribution in [0.4, 0.5) is 5.13 Å². The molecule has 4 heteroatoms. The van der Waals surface area contributed by atoms with Crippen LogP contribution >= 0.6 is 11.3 Å². The zero-order valence-corrected chi connectivity index (χ0v) is 10.6. The molecule has 1 heterocycles. The van der Waals surface area contributed by atoms with E-state index in [0.717, 1.165) is 23.7 Å². The van der Waals surface area contributed by atoms with Crippen LogP contribution in [0.2, 0.25) is 0 Å². The lowest BCUT2D eigenvalue weighted by Gasteiger charge is -2.10. The predicted octanol–water partition coefficient (Wildman–Crippen LogP) is 3.40. The van der Waals surface area contributed by atoms with Gasteiger partial charge in [-0.2, -0.15) is 0 Å². The van der Waals surface area contributed by atoms with Gasteiger partial charge in [0.1, 0.15) is 0 Å². The Bertz CT molecular complexity index is 367. The third-order valence-electron chi connectivity index (χ3n) is 3.10. The van der Waals surface area contributed by atoms with Gasteiger partial charge in [0, 0.05) is 17.2 Å². The van der Waals surface area contributed by atoms with Crippen LogP contribution in [0.25, 0.3) is 0 Å². The summed E-state index contributed by atoms with van der Waals surface area (Å²) in [5.41, 5.74) is 1.16. The van der Waals surface area contributed by atoms with Gasteiger partial charge in [0.15, 0.2) is 5.13 Å². The van der Waals surface area contributed by atoms with Crippen molar-refractivity contribution in [2.24, 2.45) is 5.92 Å². The van der Waals surface area contributed by atoms with Crippen molar-refractivity contribution in [1.29, 1.82) is 0 Å². The first-order valence-corrected chi connectivity index (χ1v) is 6.88. The molecule has 0 bridgehead atoms. The van der Waals surface area contributed by atoms with Gasteiger partial charge in [-0.15, -0.1) is 11.3 Å². The molecule has 0 aromatic carbocycles. The van der Waals surface area contributed by atoms with Gasteiger partial charge < -0.3 is 5.32 Å². The van der Waals surface area contributed by atoms with Crippen molar-refractivity contribution < 1.29 is 4.79 Å². The van der Waals surface area contributed by atoms with Crippen molar-refractivity contribution in [1.82, 2.24) is 4.98 Å². The molecule has 1 N–H and O–H groups in total. The summed E-state index contributed by atoms with van der Waals surface area (Å²) < 4.78 is 0. The fourth-order valence-electron chi connectivity index (χ4n) is 1.78. The molecule has 2 rings (SSSR count). The van der Waals surface area contributed by atoms with E-state index in [-0.39, 0.29) is 11.8 Å². The Kier molecular flexibility index (Phi) is 3.59. The van der Waals surface area contributed by atoms with E-state index in [0.29, 0.717) is 5.92 Å². The second-order valence-electron chi connectivity index (χ2n) is 4.35. The fourth-order valence-corrected chi connectivity index (χ4v) is 2.57. The van der Waals surface area contributed by atoms with Crippen LogP contribution in [0, 0.1) is 5.92 Å². The Morgan fingerprint density at radius 2 is 2.25 bits per heavy atom. The first kappa shape index (κ1) is 11.6. The van der Waals surface area contributed by atoms with E-state index in [1.807, 2.05) is 13.8 Å². The normalized spacial score (nSPS) is 15.4. The highest BCUT2D eigenvalue weighted by Crippen LogP contribution is 2.40. The Morgan fingerprint density at radius 3 is 2.81 bits per heavy atom. The van der Waals surface area contributed by atoms with Crippen LogP contribution in [0.1, 0.15) is 51.1 Å². The molecule has 1 amide bonds. The van der Waals surface area contributed by atoms with Crippen LogP contribution < -0.4 is 5.32 Å². The number of carbonyl (C=O) groups is 1. The molecule has 1 aliphatic rings. The third-order valence-corrected chi connectivity index (χ3v) is 3.88. The minimum atomic E-state index is 0.113. The summed E-state index contributed by atoms with van der Waals surface area (Å²) in [5.74, 6) is 0.894. The highest BCUT2D eigenvalue weighted by molar-refractivity contribution is 7.13. The monoisotopic (exact) mass is 238 g/mol. The minimum Gasteiger partial charge on any atom is -0.302 e. The van der Waals surface area contributed by atoms with Gasteiger partial charge in [-0.1, -0.05) is 13.8 Å². The summed E-state index contributed by atoms with van der Waals surface area (Å²) in [6, 6.07) is 0. The SMILES string of the molecule is CCC(CC)C(=O)Nc1nc(C2CC2)cs1. The number of carbonyl (C=O) groups excluding carboxylic acids is 1. The number of amides is 1. The van der Waals surface area contributed by atoms with Crippen LogP contribution in [0.5, 0.6) is 0 Å². The molecular weight excluding hydrogens is 220 g/mol. The number of rotatable bonds is 5. The highest BCUT2D eigenvalue weighted by Gasteiger charge is 2.26. The van der Waals surface area contributed by atoms with Gasteiger partial charge in [-0.3, -0.25) is 4.79 Å². The number of hydrogen-bond acceptors (Lipinski definition) is 3. The van der Waals surface area contributed by atoms with Gasteiger partial charge in [-0.05, 0) is 25.7 Å². The van der Waals surface area contributed by atoms with E-state index < -0.39 is 0 Å². The fraction of sp³-hybridized carbons (Fsp3) is 0.667. The molecule has 1 saturated carbocycles. The molecule has 0 spiro atoms. The molecule has 0 aliphatic heterocycles. The van der Waals surface area contributed by atoms with Gasteiger partial charge in [0.2, 0.25) is 5.91 Å². The third kappa shape index (κ3) is 2.61. The standard InChI is InChI=1S/C12H18N2OS/c1-3-8(4-2)11(15)14-12-13-10(7-16-12)9-5-6-9/h7-9H,3-6H2,1-2H3,(H,13,14,15). The van der Waals surface area contributed by atoms with Gasteiger partial charge in [0.25, 0.3) is 0 Å². The maximum atomic E-state index is 11.8. The summed E-state index contributed by atoms with van der Waals surface area (Å²) >= 11 is 1.54. The van der Waals surface area contributed by atoms with Crippen molar-refractivity contribution in [3.8, 4) is 0 Å². The van der Waals surface area contributed by atoms with Crippen molar-refractivity contribution in [3.05, 3.63) is 11.1 Å². The van der Waals surface area contributed by atoms with Gasteiger partial charge >= 0.3 is 0 Å². The number of aromatic nitrogens is 1. The van der Waals surface area contributed by atoms with E-state index in [9.17, 15) is 4.79 Å². The number of thiazole rings is 1. The van der Waals surface area contributed by atoms with E-state index in [1.165, 1.54) is 12.8 Å². The number of nitrogens with one attached hydrogen (secondary N) is 1. The molecule has 1 aliphatic carbocycles. The van der Waals surface area contributed by atoms with Crippen molar-refractivity contribution >= 4 is 22.4 Å². The number of nitrogens with zero attached hydrogens (tertiary/aromatic N) is 1. The van der Waals surface area contributed by atoms with Gasteiger partial charge in [0.05, 0.1) is 5.69 Å². The van der Waals surface area contributed by atoms with E-state index in [2.05, 4.69) is 15.7 Å². The molecule has 88 valence electrons. The highest BCUT2D eigenvalue weighted by atomic mass is 32.1. The van der Waals surface area contributed by atoms with E-state index in [1.54, 1.807) is 11.3 Å². The largest absolute Gasteiger partial charge is 0.302 e. The first-order valence-electron chi connectivity index (χ1n) is 6.00. The number of anilines is 1. The second-order valence-corrected chi connectivity index (χ2v) is 5.21. The van der Waals surface area contributed by atoms with Crippen LogP contribution in [-0.2, 0) is 4.79 Å². The van der Waals surface area contributed by atoms with Crippen molar-refractivity contribution in [2.75, 3.05) is 5.32 Å². The molecule has 3 nitrogen and oxygen atoms in total. The van der Waals surface area contributed by atoms with Crippen LogP contribution in [0.3, 0.4) is 0 Å². The maximum Gasteiger partial charge on any atom is 0.229 e. The van der Waals surface area contributed by atoms with Crippen molar-refractivity contribution in [3.63, 3.8) is 0 Å². The number of hydrogen-bond donors (Lipinski definition) is 1. The molecule has 1 aromatic rings. The lowest BCUT2D eigenvalue weighted by Crippen LogP contribution is -2.21. The predicted molar refractivity (Wildman–Crippen MR) is 66.8 cm³/mol. The Hall–Kier alpha value is -0.900.